The molecule has 1 unspecified atom stereocenters. The minimum atomic E-state index is -0.0908. The standard InChI is InChI=1S/C16H21N3OS/c1-5-17-14-8-10(2)6-7-13(14)15(20)19-12(4)16-18-9-11(3)21-16/h6-9,12,17H,5H2,1-4H3,(H,19,20). The van der Waals surface area contributed by atoms with Gasteiger partial charge in [-0.3, -0.25) is 4.79 Å². The Balaban J connectivity index is 2.16. The molecule has 5 heteroatoms. The van der Waals surface area contributed by atoms with Crippen LogP contribution in [0, 0.1) is 13.8 Å². The maximum Gasteiger partial charge on any atom is 0.253 e. The summed E-state index contributed by atoms with van der Waals surface area (Å²) < 4.78 is 0. The number of carbonyl (C=O) groups excluding carboxylic acids is 1. The average molecular weight is 303 g/mol. The molecular weight excluding hydrogens is 282 g/mol. The third-order valence-electron chi connectivity index (χ3n) is 3.14. The van der Waals surface area contributed by atoms with Gasteiger partial charge < -0.3 is 10.6 Å². The Morgan fingerprint density at radius 3 is 2.76 bits per heavy atom. The van der Waals surface area contributed by atoms with Crippen LogP contribution in [0.2, 0.25) is 0 Å². The highest BCUT2D eigenvalue weighted by Crippen LogP contribution is 2.22. The molecule has 2 aromatic rings. The number of aryl methyl sites for hydroxylation is 2. The van der Waals surface area contributed by atoms with Gasteiger partial charge in [0.1, 0.15) is 5.01 Å². The van der Waals surface area contributed by atoms with Crippen LogP contribution in [0.1, 0.15) is 45.7 Å². The van der Waals surface area contributed by atoms with Gasteiger partial charge in [0, 0.05) is 23.3 Å². The van der Waals surface area contributed by atoms with Gasteiger partial charge in [-0.15, -0.1) is 11.3 Å². The Hall–Kier alpha value is -1.88. The smallest absolute Gasteiger partial charge is 0.253 e. The molecule has 0 aliphatic carbocycles. The van der Waals surface area contributed by atoms with Crippen molar-refractivity contribution in [3.05, 3.63) is 45.4 Å². The molecule has 1 amide bonds. The van der Waals surface area contributed by atoms with Crippen molar-refractivity contribution < 1.29 is 4.79 Å². The Morgan fingerprint density at radius 1 is 1.38 bits per heavy atom. The van der Waals surface area contributed by atoms with E-state index in [4.69, 9.17) is 0 Å². The van der Waals surface area contributed by atoms with Gasteiger partial charge in [-0.25, -0.2) is 4.98 Å². The van der Waals surface area contributed by atoms with Crippen molar-refractivity contribution >= 4 is 22.9 Å². The molecule has 1 aromatic heterocycles. The summed E-state index contributed by atoms with van der Waals surface area (Å²) >= 11 is 1.61. The number of amides is 1. The summed E-state index contributed by atoms with van der Waals surface area (Å²) in [5.74, 6) is -0.0775. The van der Waals surface area contributed by atoms with Crippen LogP contribution in [0.4, 0.5) is 5.69 Å². The minimum Gasteiger partial charge on any atom is -0.385 e. The van der Waals surface area contributed by atoms with Crippen LogP contribution in [0.5, 0.6) is 0 Å². The van der Waals surface area contributed by atoms with Crippen LogP contribution >= 0.6 is 11.3 Å². The quantitative estimate of drug-likeness (QED) is 0.886. The van der Waals surface area contributed by atoms with Crippen molar-refractivity contribution in [2.24, 2.45) is 0 Å². The third-order valence-corrected chi connectivity index (χ3v) is 4.24. The Bertz CT molecular complexity index is 636. The molecule has 2 N–H and O–H groups in total. The lowest BCUT2D eigenvalue weighted by Gasteiger charge is -2.15. The predicted molar refractivity (Wildman–Crippen MR) is 88.1 cm³/mol. The molecule has 0 radical (unpaired) electrons. The largest absolute Gasteiger partial charge is 0.385 e. The van der Waals surface area contributed by atoms with Gasteiger partial charge in [0.15, 0.2) is 0 Å². The summed E-state index contributed by atoms with van der Waals surface area (Å²) in [4.78, 5) is 17.9. The summed E-state index contributed by atoms with van der Waals surface area (Å²) in [6, 6.07) is 5.72. The van der Waals surface area contributed by atoms with Gasteiger partial charge in [0.2, 0.25) is 0 Å². The number of hydrogen-bond acceptors (Lipinski definition) is 4. The van der Waals surface area contributed by atoms with E-state index >= 15 is 0 Å². The van der Waals surface area contributed by atoms with E-state index in [0.29, 0.717) is 5.56 Å². The van der Waals surface area contributed by atoms with E-state index in [2.05, 4.69) is 15.6 Å². The molecule has 0 spiro atoms. The summed E-state index contributed by atoms with van der Waals surface area (Å²) in [5, 5.41) is 7.18. The number of rotatable bonds is 5. The van der Waals surface area contributed by atoms with Gasteiger partial charge in [0.25, 0.3) is 5.91 Å². The SMILES string of the molecule is CCNc1cc(C)ccc1C(=O)NC(C)c1ncc(C)s1. The molecule has 1 heterocycles. The second-order valence-electron chi connectivity index (χ2n) is 5.08. The normalized spacial score (nSPS) is 12.0. The van der Waals surface area contributed by atoms with E-state index in [0.717, 1.165) is 27.7 Å². The zero-order valence-electron chi connectivity index (χ0n) is 12.9. The molecule has 0 fully saturated rings. The number of thiazole rings is 1. The second-order valence-corrected chi connectivity index (χ2v) is 6.35. The van der Waals surface area contributed by atoms with Crippen LogP contribution in [0.25, 0.3) is 0 Å². The van der Waals surface area contributed by atoms with Crippen molar-refractivity contribution in [2.45, 2.75) is 33.7 Å². The monoisotopic (exact) mass is 303 g/mol. The molecular formula is C16H21N3OS. The lowest BCUT2D eigenvalue weighted by molar-refractivity contribution is 0.0940. The minimum absolute atomic E-state index is 0.0775. The highest BCUT2D eigenvalue weighted by atomic mass is 32.1. The summed E-state index contributed by atoms with van der Waals surface area (Å²) in [6.07, 6.45) is 1.83. The number of anilines is 1. The lowest BCUT2D eigenvalue weighted by Crippen LogP contribution is -2.27. The predicted octanol–water partition coefficient (Wildman–Crippen LogP) is 3.68. The molecule has 112 valence electrons. The average Bonchev–Trinajstić information content (AvgIpc) is 2.86. The molecule has 21 heavy (non-hydrogen) atoms. The van der Waals surface area contributed by atoms with Crippen LogP contribution in [0.3, 0.4) is 0 Å². The summed E-state index contributed by atoms with van der Waals surface area (Å²) in [6.45, 7) is 8.79. The fourth-order valence-electron chi connectivity index (χ4n) is 2.10. The molecule has 2 rings (SSSR count). The van der Waals surface area contributed by atoms with Crippen molar-refractivity contribution in [1.29, 1.82) is 0 Å². The molecule has 1 atom stereocenters. The molecule has 0 saturated carbocycles. The van der Waals surface area contributed by atoms with Gasteiger partial charge in [-0.05, 0) is 45.4 Å². The van der Waals surface area contributed by atoms with Crippen molar-refractivity contribution in [3.63, 3.8) is 0 Å². The first-order valence-corrected chi connectivity index (χ1v) is 7.90. The van der Waals surface area contributed by atoms with E-state index in [1.807, 2.05) is 52.1 Å². The molecule has 1 aromatic carbocycles. The number of hydrogen-bond donors (Lipinski definition) is 2. The van der Waals surface area contributed by atoms with Crippen LogP contribution in [-0.4, -0.2) is 17.4 Å². The van der Waals surface area contributed by atoms with Crippen LogP contribution in [0.15, 0.2) is 24.4 Å². The number of carbonyl (C=O) groups is 1. The summed E-state index contributed by atoms with van der Waals surface area (Å²) in [7, 11) is 0. The first-order chi connectivity index (χ1) is 10.0. The topological polar surface area (TPSA) is 54.0 Å². The number of nitrogens with one attached hydrogen (secondary N) is 2. The van der Waals surface area contributed by atoms with E-state index < -0.39 is 0 Å². The zero-order valence-corrected chi connectivity index (χ0v) is 13.7. The van der Waals surface area contributed by atoms with Gasteiger partial charge in [-0.1, -0.05) is 6.07 Å². The molecule has 0 aliphatic rings. The number of benzene rings is 1. The Morgan fingerprint density at radius 2 is 2.14 bits per heavy atom. The van der Waals surface area contributed by atoms with Gasteiger partial charge in [0.05, 0.1) is 11.6 Å². The van der Waals surface area contributed by atoms with Gasteiger partial charge in [-0.2, -0.15) is 0 Å². The number of nitrogens with zero attached hydrogens (tertiary/aromatic N) is 1. The van der Waals surface area contributed by atoms with E-state index in [-0.39, 0.29) is 11.9 Å². The fraction of sp³-hybridized carbons (Fsp3) is 0.375. The first kappa shape index (κ1) is 15.5. The zero-order chi connectivity index (χ0) is 15.4. The van der Waals surface area contributed by atoms with Crippen LogP contribution < -0.4 is 10.6 Å². The highest BCUT2D eigenvalue weighted by Gasteiger charge is 2.16. The third kappa shape index (κ3) is 3.82. The second kappa shape index (κ2) is 6.72. The Labute approximate surface area is 129 Å². The molecule has 0 bridgehead atoms. The Kier molecular flexibility index (Phi) is 4.96. The van der Waals surface area contributed by atoms with Crippen molar-refractivity contribution in [3.8, 4) is 0 Å². The van der Waals surface area contributed by atoms with Crippen molar-refractivity contribution in [2.75, 3.05) is 11.9 Å². The maximum absolute atomic E-state index is 12.5. The van der Waals surface area contributed by atoms with E-state index in [1.165, 1.54) is 0 Å². The van der Waals surface area contributed by atoms with Crippen LogP contribution in [-0.2, 0) is 0 Å². The van der Waals surface area contributed by atoms with E-state index in [9.17, 15) is 4.79 Å². The molecule has 4 nitrogen and oxygen atoms in total. The fourth-order valence-corrected chi connectivity index (χ4v) is 2.88. The maximum atomic E-state index is 12.5. The van der Waals surface area contributed by atoms with E-state index in [1.54, 1.807) is 11.3 Å². The first-order valence-electron chi connectivity index (χ1n) is 7.09. The highest BCUT2D eigenvalue weighted by molar-refractivity contribution is 7.11. The molecule has 0 saturated heterocycles. The lowest BCUT2D eigenvalue weighted by atomic mass is 10.1. The summed E-state index contributed by atoms with van der Waals surface area (Å²) in [5.41, 5.74) is 2.67. The molecule has 0 aliphatic heterocycles. The number of aromatic nitrogens is 1. The van der Waals surface area contributed by atoms with Gasteiger partial charge >= 0.3 is 0 Å². The van der Waals surface area contributed by atoms with Crippen molar-refractivity contribution in [1.82, 2.24) is 10.3 Å².